The van der Waals surface area contributed by atoms with E-state index in [9.17, 15) is 9.59 Å². The van der Waals surface area contributed by atoms with Crippen molar-refractivity contribution in [3.8, 4) is 16.9 Å². The molecule has 9 nitrogen and oxygen atoms in total. The van der Waals surface area contributed by atoms with Crippen molar-refractivity contribution in [1.82, 2.24) is 14.9 Å². The van der Waals surface area contributed by atoms with Gasteiger partial charge in [0.2, 0.25) is 0 Å². The lowest BCUT2D eigenvalue weighted by molar-refractivity contribution is 0.0187. The number of ether oxygens (including phenoxy) is 2. The summed E-state index contributed by atoms with van der Waals surface area (Å²) in [5, 5.41) is 4.21. The summed E-state index contributed by atoms with van der Waals surface area (Å²) < 4.78 is 11.3. The molecule has 1 fully saturated rings. The number of aromatic nitrogens is 2. The third-order valence-electron chi connectivity index (χ3n) is 7.14. The lowest BCUT2D eigenvalue weighted by atomic mass is 9.88. The smallest absolute Gasteiger partial charge is 0.410 e. The van der Waals surface area contributed by atoms with Gasteiger partial charge in [-0.15, -0.1) is 0 Å². The van der Waals surface area contributed by atoms with Gasteiger partial charge in [0, 0.05) is 36.0 Å². The van der Waals surface area contributed by atoms with Gasteiger partial charge in [0.05, 0.1) is 18.2 Å². The highest BCUT2D eigenvalue weighted by atomic mass is 16.6. The first-order chi connectivity index (χ1) is 19.6. The molecule has 0 radical (unpaired) electrons. The van der Waals surface area contributed by atoms with E-state index >= 15 is 0 Å². The molecule has 2 atom stereocenters. The Balaban J connectivity index is 1.54. The lowest BCUT2D eigenvalue weighted by Gasteiger charge is -2.39. The predicted octanol–water partition coefficient (Wildman–Crippen LogP) is 5.61. The number of likely N-dealkylation sites (tertiary alicyclic amines) is 1. The number of para-hydroxylation sites is 1. The molecule has 41 heavy (non-hydrogen) atoms. The summed E-state index contributed by atoms with van der Waals surface area (Å²) in [6.45, 7) is 6.57. The number of carbonyl (C=O) groups is 2. The van der Waals surface area contributed by atoms with Crippen molar-refractivity contribution >= 4 is 28.7 Å². The summed E-state index contributed by atoms with van der Waals surface area (Å²) in [4.78, 5) is 36.4. The molecule has 1 aliphatic heterocycles. The molecule has 0 aliphatic carbocycles. The normalized spacial score (nSPS) is 17.2. The van der Waals surface area contributed by atoms with Crippen molar-refractivity contribution in [3.05, 3.63) is 84.2 Å². The van der Waals surface area contributed by atoms with E-state index in [1.807, 2.05) is 69.3 Å². The van der Waals surface area contributed by atoms with Gasteiger partial charge in [-0.3, -0.25) is 4.79 Å². The highest BCUT2D eigenvalue weighted by molar-refractivity contribution is 6.09. The Bertz CT molecular complexity index is 1570. The first-order valence-corrected chi connectivity index (χ1v) is 13.6. The largest absolute Gasteiger partial charge is 0.496 e. The van der Waals surface area contributed by atoms with Crippen LogP contribution >= 0.6 is 0 Å². The maximum atomic E-state index is 13.2. The molecule has 3 N–H and O–H groups in total. The number of nitrogens with one attached hydrogen (secondary N) is 1. The van der Waals surface area contributed by atoms with Crippen molar-refractivity contribution in [1.29, 1.82) is 0 Å². The average molecular weight is 554 g/mol. The summed E-state index contributed by atoms with van der Waals surface area (Å²) in [5.74, 6) is 0.722. The van der Waals surface area contributed by atoms with Crippen LogP contribution < -0.4 is 15.8 Å². The van der Waals surface area contributed by atoms with Crippen LogP contribution in [0.2, 0.25) is 0 Å². The standard InChI is InChI=1S/C32H35N5O4/c1-32(2,3)41-31(39)37-17-22(20-10-6-5-7-11-20)14-23(18-37)36-30-26-16-21(24-12-8-9-13-27(24)40-4)15-25(29(33)38)28(26)34-19-35-30/h5-13,15-16,19,22-23H,14,17-18H2,1-4H3,(H2,33,38)(H,34,35,36)/t22-,23+/m1/s1. The molecule has 1 aromatic heterocycles. The monoisotopic (exact) mass is 553 g/mol. The van der Waals surface area contributed by atoms with Gasteiger partial charge in [0.15, 0.2) is 0 Å². The number of amides is 2. The molecule has 2 amide bonds. The van der Waals surface area contributed by atoms with Crippen LogP contribution in [0.4, 0.5) is 10.6 Å². The summed E-state index contributed by atoms with van der Waals surface area (Å²) >= 11 is 0. The van der Waals surface area contributed by atoms with Gasteiger partial charge in [-0.05, 0) is 56.5 Å². The molecule has 4 aromatic rings. The first-order valence-electron chi connectivity index (χ1n) is 13.6. The van der Waals surface area contributed by atoms with Gasteiger partial charge in [0.1, 0.15) is 23.5 Å². The van der Waals surface area contributed by atoms with Crippen LogP contribution in [-0.2, 0) is 4.74 Å². The van der Waals surface area contributed by atoms with Crippen LogP contribution in [0.5, 0.6) is 5.75 Å². The number of anilines is 1. The van der Waals surface area contributed by atoms with Crippen LogP contribution in [0.3, 0.4) is 0 Å². The lowest BCUT2D eigenvalue weighted by Crippen LogP contribution is -2.49. The topological polar surface area (TPSA) is 120 Å². The molecule has 2 heterocycles. The summed E-state index contributed by atoms with van der Waals surface area (Å²) in [5.41, 5.74) is 8.65. The van der Waals surface area contributed by atoms with E-state index in [0.717, 1.165) is 23.1 Å². The van der Waals surface area contributed by atoms with Crippen LogP contribution in [0.15, 0.2) is 73.1 Å². The highest BCUT2D eigenvalue weighted by Gasteiger charge is 2.34. The maximum absolute atomic E-state index is 13.2. The van der Waals surface area contributed by atoms with E-state index < -0.39 is 11.5 Å². The number of primary amides is 1. The summed E-state index contributed by atoms with van der Waals surface area (Å²) in [7, 11) is 1.60. The molecule has 9 heteroatoms. The van der Waals surface area contributed by atoms with Crippen molar-refractivity contribution in [3.63, 3.8) is 0 Å². The number of fused-ring (bicyclic) bond motifs is 1. The molecular weight excluding hydrogens is 518 g/mol. The molecule has 0 saturated carbocycles. The fourth-order valence-corrected chi connectivity index (χ4v) is 5.35. The number of piperidine rings is 1. The second-order valence-corrected chi connectivity index (χ2v) is 11.3. The highest BCUT2D eigenvalue weighted by Crippen LogP contribution is 2.36. The summed E-state index contributed by atoms with van der Waals surface area (Å²) in [6.07, 6.45) is 1.83. The fourth-order valence-electron chi connectivity index (χ4n) is 5.35. The van der Waals surface area contributed by atoms with Crippen molar-refractivity contribution in [2.24, 2.45) is 5.73 Å². The van der Waals surface area contributed by atoms with E-state index in [0.29, 0.717) is 35.6 Å². The van der Waals surface area contributed by atoms with Crippen molar-refractivity contribution in [2.75, 3.05) is 25.5 Å². The van der Waals surface area contributed by atoms with Crippen molar-refractivity contribution in [2.45, 2.75) is 44.8 Å². The van der Waals surface area contributed by atoms with E-state index in [1.165, 1.54) is 6.33 Å². The van der Waals surface area contributed by atoms with E-state index in [1.54, 1.807) is 18.1 Å². The molecule has 0 unspecified atom stereocenters. The van der Waals surface area contributed by atoms with Gasteiger partial charge in [0.25, 0.3) is 5.91 Å². The Morgan fingerprint density at radius 2 is 1.73 bits per heavy atom. The zero-order valence-corrected chi connectivity index (χ0v) is 23.8. The number of rotatable bonds is 6. The molecule has 0 spiro atoms. The molecular formula is C32H35N5O4. The Morgan fingerprint density at radius 3 is 2.44 bits per heavy atom. The molecule has 1 saturated heterocycles. The zero-order valence-electron chi connectivity index (χ0n) is 23.8. The number of carbonyl (C=O) groups excluding carboxylic acids is 2. The van der Waals surface area contributed by atoms with Crippen LogP contribution in [-0.4, -0.2) is 58.7 Å². The van der Waals surface area contributed by atoms with Gasteiger partial charge in [-0.1, -0.05) is 48.5 Å². The third-order valence-corrected chi connectivity index (χ3v) is 7.14. The zero-order chi connectivity index (χ0) is 29.1. The molecule has 5 rings (SSSR count). The Labute approximate surface area is 239 Å². The first kappa shape index (κ1) is 27.9. The van der Waals surface area contributed by atoms with Gasteiger partial charge >= 0.3 is 6.09 Å². The molecule has 3 aromatic carbocycles. The van der Waals surface area contributed by atoms with E-state index in [2.05, 4.69) is 27.4 Å². The minimum Gasteiger partial charge on any atom is -0.496 e. The second kappa shape index (κ2) is 11.4. The van der Waals surface area contributed by atoms with Crippen LogP contribution in [0.1, 0.15) is 49.0 Å². The average Bonchev–Trinajstić information content (AvgIpc) is 2.96. The quantitative estimate of drug-likeness (QED) is 0.318. The minimum absolute atomic E-state index is 0.0911. The third kappa shape index (κ3) is 6.24. The number of nitrogens with two attached hydrogens (primary N) is 1. The van der Waals surface area contributed by atoms with Crippen LogP contribution in [0, 0.1) is 0 Å². The van der Waals surface area contributed by atoms with Gasteiger partial charge in [-0.25, -0.2) is 14.8 Å². The molecule has 0 bridgehead atoms. The Morgan fingerprint density at radius 1 is 1.00 bits per heavy atom. The molecule has 1 aliphatic rings. The minimum atomic E-state index is -0.609. The Kier molecular flexibility index (Phi) is 7.79. The number of methoxy groups -OCH3 is 1. The number of nitrogens with zero attached hydrogens (tertiary/aromatic N) is 3. The van der Waals surface area contributed by atoms with Crippen molar-refractivity contribution < 1.29 is 19.1 Å². The van der Waals surface area contributed by atoms with E-state index in [-0.39, 0.29) is 23.6 Å². The number of benzene rings is 3. The molecule has 212 valence electrons. The Hall–Kier alpha value is -4.66. The maximum Gasteiger partial charge on any atom is 0.410 e. The van der Waals surface area contributed by atoms with Gasteiger partial charge in [-0.2, -0.15) is 0 Å². The SMILES string of the molecule is COc1ccccc1-c1cc(C(N)=O)c2ncnc(N[C@H]3C[C@@H](c4ccccc4)CN(C(=O)OC(C)(C)C)C3)c2c1. The fraction of sp³-hybridized carbons (Fsp3) is 0.312. The number of hydrogen-bond acceptors (Lipinski definition) is 7. The second-order valence-electron chi connectivity index (χ2n) is 11.3. The van der Waals surface area contributed by atoms with Crippen LogP contribution in [0.25, 0.3) is 22.0 Å². The van der Waals surface area contributed by atoms with Gasteiger partial charge < -0.3 is 25.4 Å². The van der Waals surface area contributed by atoms with E-state index in [4.69, 9.17) is 15.2 Å². The summed E-state index contributed by atoms with van der Waals surface area (Å²) in [6, 6.07) is 21.3. The predicted molar refractivity (Wildman–Crippen MR) is 159 cm³/mol. The number of hydrogen-bond donors (Lipinski definition) is 2.